The van der Waals surface area contributed by atoms with E-state index in [4.69, 9.17) is 0 Å². The average molecular weight is 276 g/mol. The van der Waals surface area contributed by atoms with Crippen LogP contribution in [0, 0.1) is 0 Å². The molecule has 0 radical (unpaired) electrons. The number of hydrogen-bond donors (Lipinski definition) is 1. The van der Waals surface area contributed by atoms with Crippen molar-refractivity contribution in [2.45, 2.75) is 25.8 Å². The van der Waals surface area contributed by atoms with Crippen LogP contribution in [-0.2, 0) is 14.3 Å². The van der Waals surface area contributed by atoms with Gasteiger partial charge in [0.15, 0.2) is 0 Å². The summed E-state index contributed by atoms with van der Waals surface area (Å²) in [5.41, 5.74) is 2.01. The molecule has 1 fully saturated rings. The van der Waals surface area contributed by atoms with Crippen LogP contribution in [0.25, 0.3) is 0 Å². The molecule has 1 aliphatic rings. The highest BCUT2D eigenvalue weighted by Crippen LogP contribution is 2.23. The van der Waals surface area contributed by atoms with Gasteiger partial charge in [0.05, 0.1) is 13.7 Å². The SMILES string of the molecule is COC(=O)CNC(C)c1ccc(N2CCCC2=O)cc1. The normalized spacial score (nSPS) is 16.3. The second kappa shape index (κ2) is 6.52. The Bertz CT molecular complexity index is 484. The van der Waals surface area contributed by atoms with Gasteiger partial charge in [-0.05, 0) is 31.0 Å². The zero-order valence-electron chi connectivity index (χ0n) is 11.9. The summed E-state index contributed by atoms with van der Waals surface area (Å²) in [6.45, 7) is 2.97. The molecule has 1 N–H and O–H groups in total. The van der Waals surface area contributed by atoms with E-state index in [2.05, 4.69) is 10.1 Å². The molecule has 0 spiro atoms. The second-order valence-electron chi connectivity index (χ2n) is 4.92. The number of hydrogen-bond acceptors (Lipinski definition) is 4. The first kappa shape index (κ1) is 14.5. The Kier molecular flexibility index (Phi) is 4.74. The van der Waals surface area contributed by atoms with Gasteiger partial charge in [0, 0.05) is 24.7 Å². The number of nitrogens with zero attached hydrogens (tertiary/aromatic N) is 1. The third-order valence-corrected chi connectivity index (χ3v) is 3.56. The Balaban J connectivity index is 1.97. The largest absolute Gasteiger partial charge is 0.468 e. The van der Waals surface area contributed by atoms with Gasteiger partial charge in [0.2, 0.25) is 5.91 Å². The molecular weight excluding hydrogens is 256 g/mol. The van der Waals surface area contributed by atoms with Gasteiger partial charge in [0.1, 0.15) is 0 Å². The Morgan fingerprint density at radius 1 is 1.40 bits per heavy atom. The minimum absolute atomic E-state index is 0.0532. The quantitative estimate of drug-likeness (QED) is 0.831. The van der Waals surface area contributed by atoms with Gasteiger partial charge >= 0.3 is 5.97 Å². The fraction of sp³-hybridized carbons (Fsp3) is 0.467. The molecule has 0 aromatic heterocycles. The summed E-state index contributed by atoms with van der Waals surface area (Å²) in [5.74, 6) is -0.0919. The summed E-state index contributed by atoms with van der Waals surface area (Å²) in [6, 6.07) is 7.92. The molecule has 0 aliphatic carbocycles. The summed E-state index contributed by atoms with van der Waals surface area (Å²) in [4.78, 5) is 24.6. The van der Waals surface area contributed by atoms with Crippen molar-refractivity contribution in [1.82, 2.24) is 5.32 Å². The molecule has 1 aliphatic heterocycles. The van der Waals surface area contributed by atoms with Crippen LogP contribution in [0.5, 0.6) is 0 Å². The highest BCUT2D eigenvalue weighted by Gasteiger charge is 2.21. The number of rotatable bonds is 5. The van der Waals surface area contributed by atoms with Gasteiger partial charge < -0.3 is 15.0 Å². The van der Waals surface area contributed by atoms with Crippen molar-refractivity contribution in [3.63, 3.8) is 0 Å². The van der Waals surface area contributed by atoms with E-state index in [0.717, 1.165) is 24.2 Å². The van der Waals surface area contributed by atoms with E-state index in [9.17, 15) is 9.59 Å². The lowest BCUT2D eigenvalue weighted by Gasteiger charge is -2.18. The first-order valence-corrected chi connectivity index (χ1v) is 6.82. The predicted molar refractivity (Wildman–Crippen MR) is 76.5 cm³/mol. The molecule has 20 heavy (non-hydrogen) atoms. The second-order valence-corrected chi connectivity index (χ2v) is 4.92. The first-order valence-electron chi connectivity index (χ1n) is 6.82. The van der Waals surface area contributed by atoms with Crippen LogP contribution in [0.15, 0.2) is 24.3 Å². The van der Waals surface area contributed by atoms with E-state index in [-0.39, 0.29) is 24.5 Å². The van der Waals surface area contributed by atoms with E-state index in [0.29, 0.717) is 6.42 Å². The van der Waals surface area contributed by atoms with Crippen LogP contribution in [-0.4, -0.2) is 32.1 Å². The number of ether oxygens (including phenoxy) is 1. The fourth-order valence-electron chi connectivity index (χ4n) is 2.29. The number of carbonyl (C=O) groups is 2. The van der Waals surface area contributed by atoms with Gasteiger partial charge in [-0.3, -0.25) is 9.59 Å². The first-order chi connectivity index (χ1) is 9.61. The third-order valence-electron chi connectivity index (χ3n) is 3.56. The summed E-state index contributed by atoms with van der Waals surface area (Å²) >= 11 is 0. The van der Waals surface area contributed by atoms with Crippen molar-refractivity contribution in [3.8, 4) is 0 Å². The molecule has 5 heteroatoms. The van der Waals surface area contributed by atoms with Crippen LogP contribution < -0.4 is 10.2 Å². The van der Waals surface area contributed by atoms with Crippen molar-refractivity contribution in [3.05, 3.63) is 29.8 Å². The van der Waals surface area contributed by atoms with E-state index in [1.54, 1.807) is 0 Å². The van der Waals surface area contributed by atoms with Crippen molar-refractivity contribution in [1.29, 1.82) is 0 Å². The highest BCUT2D eigenvalue weighted by molar-refractivity contribution is 5.95. The minimum Gasteiger partial charge on any atom is -0.468 e. The van der Waals surface area contributed by atoms with E-state index in [1.807, 2.05) is 36.1 Å². The summed E-state index contributed by atoms with van der Waals surface area (Å²) in [6.07, 6.45) is 1.57. The van der Waals surface area contributed by atoms with Crippen molar-refractivity contribution in [2.75, 3.05) is 25.1 Å². The summed E-state index contributed by atoms with van der Waals surface area (Å²) in [5, 5.41) is 3.09. The molecule has 1 amide bonds. The molecule has 1 aromatic rings. The number of esters is 1. The number of nitrogens with one attached hydrogen (secondary N) is 1. The molecule has 1 atom stereocenters. The lowest BCUT2D eigenvalue weighted by Crippen LogP contribution is -2.27. The maximum Gasteiger partial charge on any atom is 0.319 e. The lowest BCUT2D eigenvalue weighted by molar-refractivity contribution is -0.139. The van der Waals surface area contributed by atoms with Gasteiger partial charge in [-0.15, -0.1) is 0 Å². The Morgan fingerprint density at radius 3 is 2.65 bits per heavy atom. The minimum atomic E-state index is -0.281. The average Bonchev–Trinajstić information content (AvgIpc) is 2.90. The molecule has 1 aromatic carbocycles. The summed E-state index contributed by atoms with van der Waals surface area (Å²) in [7, 11) is 1.37. The smallest absolute Gasteiger partial charge is 0.319 e. The third kappa shape index (κ3) is 3.36. The van der Waals surface area contributed by atoms with E-state index in [1.165, 1.54) is 7.11 Å². The Hall–Kier alpha value is -1.88. The molecule has 2 rings (SSSR count). The maximum absolute atomic E-state index is 11.7. The molecule has 1 saturated heterocycles. The van der Waals surface area contributed by atoms with Crippen LogP contribution >= 0.6 is 0 Å². The fourth-order valence-corrected chi connectivity index (χ4v) is 2.29. The molecular formula is C15H20N2O3. The monoisotopic (exact) mass is 276 g/mol. The number of anilines is 1. The predicted octanol–water partition coefficient (Wildman–Crippen LogP) is 1.64. The van der Waals surface area contributed by atoms with E-state index < -0.39 is 0 Å². The van der Waals surface area contributed by atoms with Crippen molar-refractivity contribution >= 4 is 17.6 Å². The molecule has 1 unspecified atom stereocenters. The van der Waals surface area contributed by atoms with Gasteiger partial charge in [-0.2, -0.15) is 0 Å². The van der Waals surface area contributed by atoms with Crippen LogP contribution in [0.1, 0.15) is 31.4 Å². The zero-order valence-corrected chi connectivity index (χ0v) is 11.9. The lowest BCUT2D eigenvalue weighted by atomic mass is 10.1. The molecule has 108 valence electrons. The number of carbonyl (C=O) groups excluding carboxylic acids is 2. The maximum atomic E-state index is 11.7. The number of benzene rings is 1. The van der Waals surface area contributed by atoms with Crippen LogP contribution in [0.2, 0.25) is 0 Å². The Labute approximate surface area is 118 Å². The van der Waals surface area contributed by atoms with Crippen LogP contribution in [0.4, 0.5) is 5.69 Å². The van der Waals surface area contributed by atoms with Crippen molar-refractivity contribution < 1.29 is 14.3 Å². The molecule has 5 nitrogen and oxygen atoms in total. The highest BCUT2D eigenvalue weighted by atomic mass is 16.5. The number of methoxy groups -OCH3 is 1. The molecule has 1 heterocycles. The molecule has 0 bridgehead atoms. The summed E-state index contributed by atoms with van der Waals surface area (Å²) < 4.78 is 4.59. The van der Waals surface area contributed by atoms with Gasteiger partial charge in [0.25, 0.3) is 0 Å². The standard InChI is InChI=1S/C15H20N2O3/c1-11(16-10-15(19)20-2)12-5-7-13(8-6-12)17-9-3-4-14(17)18/h5-8,11,16H,3-4,9-10H2,1-2H3. The number of amides is 1. The van der Waals surface area contributed by atoms with Crippen LogP contribution in [0.3, 0.4) is 0 Å². The van der Waals surface area contributed by atoms with Gasteiger partial charge in [-0.25, -0.2) is 0 Å². The topological polar surface area (TPSA) is 58.6 Å². The zero-order chi connectivity index (χ0) is 14.5. The van der Waals surface area contributed by atoms with Crippen molar-refractivity contribution in [2.24, 2.45) is 0 Å². The Morgan fingerprint density at radius 2 is 2.10 bits per heavy atom. The molecule has 0 saturated carbocycles. The van der Waals surface area contributed by atoms with Gasteiger partial charge in [-0.1, -0.05) is 12.1 Å². The van der Waals surface area contributed by atoms with E-state index >= 15 is 0 Å².